The zero-order valence-corrected chi connectivity index (χ0v) is 12.7. The molecular formula is C17H23NO3. The minimum absolute atomic E-state index is 0.0392. The standard InChI is InChI=1S/C17H23NO3/c1-3-4-6-11-15-16(13(2)19)18(15)17(20)21-12-14-9-7-5-8-10-14/h5,7-10,15-16H,3-4,6,11-12H2,1-2H3/t15-,16-,18?/m1/s1. The maximum atomic E-state index is 12.1. The van der Waals surface area contributed by atoms with Crippen molar-refractivity contribution >= 4 is 11.9 Å². The van der Waals surface area contributed by atoms with Gasteiger partial charge < -0.3 is 4.74 Å². The lowest BCUT2D eigenvalue weighted by Gasteiger charge is -2.07. The maximum Gasteiger partial charge on any atom is 0.411 e. The minimum Gasteiger partial charge on any atom is -0.445 e. The second-order valence-electron chi connectivity index (χ2n) is 5.57. The third kappa shape index (κ3) is 4.06. The van der Waals surface area contributed by atoms with E-state index in [1.165, 1.54) is 0 Å². The van der Waals surface area contributed by atoms with Crippen LogP contribution in [0.25, 0.3) is 0 Å². The summed E-state index contributed by atoms with van der Waals surface area (Å²) >= 11 is 0. The zero-order valence-electron chi connectivity index (χ0n) is 12.7. The Morgan fingerprint density at radius 3 is 2.52 bits per heavy atom. The first-order valence-corrected chi connectivity index (χ1v) is 7.64. The topological polar surface area (TPSA) is 46.4 Å². The predicted octanol–water partition coefficient (Wildman–Crippen LogP) is 3.55. The molecule has 2 atom stereocenters. The quantitative estimate of drug-likeness (QED) is 0.569. The summed E-state index contributed by atoms with van der Waals surface area (Å²) in [6.45, 7) is 3.94. The van der Waals surface area contributed by atoms with Crippen LogP contribution in [0.1, 0.15) is 45.1 Å². The third-order valence-electron chi connectivity index (χ3n) is 3.87. The molecule has 0 radical (unpaired) electrons. The van der Waals surface area contributed by atoms with E-state index in [9.17, 15) is 9.59 Å². The van der Waals surface area contributed by atoms with Crippen LogP contribution in [0, 0.1) is 0 Å². The van der Waals surface area contributed by atoms with E-state index in [2.05, 4.69) is 6.92 Å². The van der Waals surface area contributed by atoms with Crippen molar-refractivity contribution in [1.29, 1.82) is 0 Å². The first-order valence-electron chi connectivity index (χ1n) is 7.64. The Kier molecular flexibility index (Phi) is 5.37. The van der Waals surface area contributed by atoms with E-state index in [1.807, 2.05) is 30.3 Å². The molecule has 1 aliphatic rings. The molecule has 0 unspecified atom stereocenters. The zero-order chi connectivity index (χ0) is 15.2. The lowest BCUT2D eigenvalue weighted by Crippen LogP contribution is -2.18. The molecule has 1 aromatic carbocycles. The van der Waals surface area contributed by atoms with Gasteiger partial charge in [0, 0.05) is 0 Å². The Morgan fingerprint density at radius 1 is 1.19 bits per heavy atom. The highest BCUT2D eigenvalue weighted by molar-refractivity contribution is 5.91. The highest BCUT2D eigenvalue weighted by atomic mass is 16.6. The van der Waals surface area contributed by atoms with Gasteiger partial charge in [-0.05, 0) is 18.9 Å². The first kappa shape index (κ1) is 15.5. The molecule has 1 fully saturated rings. The molecule has 0 aromatic heterocycles. The number of ether oxygens (including phenoxy) is 1. The van der Waals surface area contributed by atoms with Crippen LogP contribution in [0.5, 0.6) is 0 Å². The summed E-state index contributed by atoms with van der Waals surface area (Å²) in [6, 6.07) is 9.33. The van der Waals surface area contributed by atoms with Crippen LogP contribution in [-0.2, 0) is 16.1 Å². The van der Waals surface area contributed by atoms with Crippen molar-refractivity contribution in [2.45, 2.75) is 58.2 Å². The number of carbonyl (C=O) groups is 2. The molecule has 0 bridgehead atoms. The second-order valence-corrected chi connectivity index (χ2v) is 5.57. The number of ketones is 1. The van der Waals surface area contributed by atoms with Crippen molar-refractivity contribution in [3.05, 3.63) is 35.9 Å². The molecule has 0 saturated carbocycles. The number of carbonyl (C=O) groups excluding carboxylic acids is 2. The van der Waals surface area contributed by atoms with Gasteiger partial charge in [0.25, 0.3) is 0 Å². The number of hydrogen-bond donors (Lipinski definition) is 0. The summed E-state index contributed by atoms with van der Waals surface area (Å²) in [4.78, 5) is 25.3. The van der Waals surface area contributed by atoms with Crippen LogP contribution in [0.2, 0.25) is 0 Å². The van der Waals surface area contributed by atoms with Gasteiger partial charge in [-0.2, -0.15) is 0 Å². The van der Waals surface area contributed by atoms with Gasteiger partial charge in [0.15, 0.2) is 5.78 Å². The molecule has 4 nitrogen and oxygen atoms in total. The minimum atomic E-state index is -0.374. The Bertz CT molecular complexity index is 486. The highest BCUT2D eigenvalue weighted by Crippen LogP contribution is 2.34. The van der Waals surface area contributed by atoms with Crippen LogP contribution in [-0.4, -0.2) is 28.9 Å². The van der Waals surface area contributed by atoms with Crippen molar-refractivity contribution in [1.82, 2.24) is 4.90 Å². The molecule has 114 valence electrons. The molecule has 0 spiro atoms. The van der Waals surface area contributed by atoms with Crippen LogP contribution < -0.4 is 0 Å². The molecule has 4 heteroatoms. The van der Waals surface area contributed by atoms with Crippen molar-refractivity contribution in [2.75, 3.05) is 0 Å². The van der Waals surface area contributed by atoms with E-state index >= 15 is 0 Å². The van der Waals surface area contributed by atoms with Gasteiger partial charge >= 0.3 is 6.09 Å². The maximum absolute atomic E-state index is 12.1. The fourth-order valence-electron chi connectivity index (χ4n) is 2.69. The Balaban J connectivity index is 1.84. The van der Waals surface area contributed by atoms with E-state index in [4.69, 9.17) is 4.74 Å². The summed E-state index contributed by atoms with van der Waals surface area (Å²) < 4.78 is 5.30. The van der Waals surface area contributed by atoms with Crippen LogP contribution in [0.4, 0.5) is 4.79 Å². The first-order chi connectivity index (χ1) is 10.1. The molecule has 1 heterocycles. The number of amides is 1. The number of benzene rings is 1. The lowest BCUT2D eigenvalue weighted by molar-refractivity contribution is -0.117. The molecule has 2 rings (SSSR count). The summed E-state index contributed by atoms with van der Waals surface area (Å²) in [5.41, 5.74) is 0.953. The van der Waals surface area contributed by atoms with Gasteiger partial charge in [-0.1, -0.05) is 56.5 Å². The predicted molar refractivity (Wildman–Crippen MR) is 80.9 cm³/mol. The lowest BCUT2D eigenvalue weighted by atomic mass is 10.1. The highest BCUT2D eigenvalue weighted by Gasteiger charge is 2.54. The summed E-state index contributed by atoms with van der Waals surface area (Å²) in [5.74, 6) is 0.0492. The molecular weight excluding hydrogens is 266 g/mol. The average molecular weight is 289 g/mol. The van der Waals surface area contributed by atoms with Gasteiger partial charge in [0.2, 0.25) is 0 Å². The van der Waals surface area contributed by atoms with E-state index in [0.717, 1.165) is 31.2 Å². The Morgan fingerprint density at radius 2 is 1.90 bits per heavy atom. The largest absolute Gasteiger partial charge is 0.445 e. The van der Waals surface area contributed by atoms with Crippen LogP contribution >= 0.6 is 0 Å². The number of nitrogens with zero attached hydrogens (tertiary/aromatic N) is 1. The molecule has 0 aliphatic carbocycles. The summed E-state index contributed by atoms with van der Waals surface area (Å²) in [7, 11) is 0. The normalized spacial score (nSPS) is 20.2. The molecule has 1 amide bonds. The number of Topliss-reactive ketones (excluding diaryl/α,β-unsaturated/α-hetero) is 1. The Hall–Kier alpha value is -1.84. The SMILES string of the molecule is CCCCC[C@@H]1[C@@H](C(C)=O)N1C(=O)OCc1ccccc1. The second kappa shape index (κ2) is 7.25. The van der Waals surface area contributed by atoms with Crippen molar-refractivity contribution in [3.63, 3.8) is 0 Å². The van der Waals surface area contributed by atoms with Crippen LogP contribution in [0.3, 0.4) is 0 Å². The van der Waals surface area contributed by atoms with Crippen LogP contribution in [0.15, 0.2) is 30.3 Å². The van der Waals surface area contributed by atoms with E-state index < -0.39 is 0 Å². The Labute approximate surface area is 126 Å². The number of unbranched alkanes of at least 4 members (excludes halogenated alkanes) is 2. The van der Waals surface area contributed by atoms with Crippen molar-refractivity contribution in [3.8, 4) is 0 Å². The van der Waals surface area contributed by atoms with Crippen molar-refractivity contribution in [2.24, 2.45) is 0 Å². The molecule has 0 N–H and O–H groups in total. The smallest absolute Gasteiger partial charge is 0.411 e. The molecule has 1 aromatic rings. The molecule has 21 heavy (non-hydrogen) atoms. The number of hydrogen-bond acceptors (Lipinski definition) is 3. The fourth-order valence-corrected chi connectivity index (χ4v) is 2.69. The summed E-state index contributed by atoms with van der Waals surface area (Å²) in [6.07, 6.45) is 3.83. The summed E-state index contributed by atoms with van der Waals surface area (Å²) in [5, 5.41) is 0. The van der Waals surface area contributed by atoms with Gasteiger partial charge in [-0.3, -0.25) is 9.69 Å². The molecule has 1 aliphatic heterocycles. The molecule has 1 saturated heterocycles. The number of rotatable bonds is 7. The van der Waals surface area contributed by atoms with Gasteiger partial charge in [-0.25, -0.2) is 4.79 Å². The van der Waals surface area contributed by atoms with Gasteiger partial charge in [0.1, 0.15) is 12.6 Å². The van der Waals surface area contributed by atoms with E-state index in [-0.39, 0.29) is 30.6 Å². The van der Waals surface area contributed by atoms with E-state index in [1.54, 1.807) is 11.8 Å². The third-order valence-corrected chi connectivity index (χ3v) is 3.87. The van der Waals surface area contributed by atoms with E-state index in [0.29, 0.717) is 0 Å². The fraction of sp³-hybridized carbons (Fsp3) is 0.529. The average Bonchev–Trinajstić information content (AvgIpc) is 3.21. The van der Waals surface area contributed by atoms with Gasteiger partial charge in [-0.15, -0.1) is 0 Å². The monoisotopic (exact) mass is 289 g/mol. The van der Waals surface area contributed by atoms with Crippen molar-refractivity contribution < 1.29 is 14.3 Å². The van der Waals surface area contributed by atoms with Gasteiger partial charge in [0.05, 0.1) is 6.04 Å².